The van der Waals surface area contributed by atoms with E-state index in [1.54, 1.807) is 31.2 Å². The largest absolute Gasteiger partial charge is 0.508 e. The minimum atomic E-state index is -0.526. The minimum Gasteiger partial charge on any atom is -0.508 e. The van der Waals surface area contributed by atoms with Gasteiger partial charge in [0.2, 0.25) is 11.8 Å². The van der Waals surface area contributed by atoms with Gasteiger partial charge in [0.05, 0.1) is 6.42 Å². The van der Waals surface area contributed by atoms with Gasteiger partial charge in [-0.2, -0.15) is 0 Å². The Hall–Kier alpha value is -2.04. The molecule has 1 heterocycles. The molecule has 0 radical (unpaired) electrons. The van der Waals surface area contributed by atoms with Gasteiger partial charge in [-0.15, -0.1) is 0 Å². The van der Waals surface area contributed by atoms with Crippen LogP contribution in [0, 0.1) is 0 Å². The normalized spacial score (nSPS) is 16.3. The van der Waals surface area contributed by atoms with Crippen LogP contribution in [0.25, 0.3) is 0 Å². The average molecular weight is 290 g/mol. The summed E-state index contributed by atoms with van der Waals surface area (Å²) in [6.07, 6.45) is 3.30. The van der Waals surface area contributed by atoms with E-state index in [1.807, 2.05) is 4.90 Å². The van der Waals surface area contributed by atoms with Gasteiger partial charge in [-0.1, -0.05) is 18.2 Å². The van der Waals surface area contributed by atoms with Crippen molar-refractivity contribution in [1.82, 2.24) is 10.2 Å². The Morgan fingerprint density at radius 3 is 2.57 bits per heavy atom. The number of hydrogen-bond acceptors (Lipinski definition) is 3. The third-order valence-corrected chi connectivity index (χ3v) is 3.76. The summed E-state index contributed by atoms with van der Waals surface area (Å²) in [4.78, 5) is 26.0. The van der Waals surface area contributed by atoms with Crippen LogP contribution in [0.1, 0.15) is 31.7 Å². The molecule has 2 N–H and O–H groups in total. The molecule has 0 bridgehead atoms. The van der Waals surface area contributed by atoms with E-state index in [0.717, 1.165) is 32.4 Å². The van der Waals surface area contributed by atoms with Gasteiger partial charge >= 0.3 is 0 Å². The van der Waals surface area contributed by atoms with Crippen molar-refractivity contribution in [3.05, 3.63) is 29.8 Å². The summed E-state index contributed by atoms with van der Waals surface area (Å²) < 4.78 is 0. The highest BCUT2D eigenvalue weighted by atomic mass is 16.3. The number of phenolic OH excluding ortho intramolecular Hbond substituents is 1. The van der Waals surface area contributed by atoms with E-state index in [4.69, 9.17) is 0 Å². The van der Waals surface area contributed by atoms with Crippen LogP contribution in [0.4, 0.5) is 0 Å². The number of nitrogens with one attached hydrogen (secondary N) is 1. The molecular formula is C16H22N2O3. The van der Waals surface area contributed by atoms with Gasteiger partial charge in [0.1, 0.15) is 11.8 Å². The lowest BCUT2D eigenvalue weighted by atomic mass is 10.1. The molecule has 1 unspecified atom stereocenters. The summed E-state index contributed by atoms with van der Waals surface area (Å²) in [7, 11) is 0. The van der Waals surface area contributed by atoms with E-state index in [2.05, 4.69) is 5.32 Å². The zero-order valence-electron chi connectivity index (χ0n) is 12.3. The molecule has 1 aliphatic heterocycles. The maximum absolute atomic E-state index is 12.2. The standard InChI is InChI=1S/C16H22N2O3/c1-12(16(21)18-9-5-2-6-10-18)17-15(20)11-13-7-3-4-8-14(13)19/h3-4,7-8,12,19H,2,5-6,9-11H2,1H3,(H,17,20). The number of piperidine rings is 1. The summed E-state index contributed by atoms with van der Waals surface area (Å²) in [5, 5.41) is 12.4. The molecule has 0 spiro atoms. The Morgan fingerprint density at radius 2 is 1.90 bits per heavy atom. The quantitative estimate of drug-likeness (QED) is 0.882. The van der Waals surface area contributed by atoms with Crippen molar-refractivity contribution in [3.63, 3.8) is 0 Å². The minimum absolute atomic E-state index is 0.0275. The lowest BCUT2D eigenvalue weighted by molar-refractivity contribution is -0.136. The van der Waals surface area contributed by atoms with E-state index in [0.29, 0.717) is 5.56 Å². The van der Waals surface area contributed by atoms with Crippen LogP contribution in [0.5, 0.6) is 5.75 Å². The average Bonchev–Trinajstić information content (AvgIpc) is 2.49. The second-order valence-electron chi connectivity index (χ2n) is 5.48. The van der Waals surface area contributed by atoms with Crippen LogP contribution < -0.4 is 5.32 Å². The summed E-state index contributed by atoms with van der Waals surface area (Å²) in [6, 6.07) is 6.20. The molecule has 1 atom stereocenters. The van der Waals surface area contributed by atoms with Gasteiger partial charge in [0, 0.05) is 18.7 Å². The summed E-state index contributed by atoms with van der Waals surface area (Å²) in [6.45, 7) is 3.26. The van der Waals surface area contributed by atoms with E-state index >= 15 is 0 Å². The second kappa shape index (κ2) is 7.11. The van der Waals surface area contributed by atoms with Crippen LogP contribution in [-0.2, 0) is 16.0 Å². The highest BCUT2D eigenvalue weighted by Crippen LogP contribution is 2.16. The van der Waals surface area contributed by atoms with Gasteiger partial charge in [-0.3, -0.25) is 9.59 Å². The van der Waals surface area contributed by atoms with E-state index in [9.17, 15) is 14.7 Å². The topological polar surface area (TPSA) is 69.6 Å². The maximum atomic E-state index is 12.2. The predicted molar refractivity (Wildman–Crippen MR) is 79.8 cm³/mol. The van der Waals surface area contributed by atoms with Crippen molar-refractivity contribution in [2.75, 3.05) is 13.1 Å². The Kier molecular flexibility index (Phi) is 5.20. The number of benzene rings is 1. The number of carbonyl (C=O) groups is 2. The van der Waals surface area contributed by atoms with Crippen molar-refractivity contribution >= 4 is 11.8 Å². The van der Waals surface area contributed by atoms with Gasteiger partial charge in [-0.25, -0.2) is 0 Å². The van der Waals surface area contributed by atoms with Gasteiger partial charge < -0.3 is 15.3 Å². The highest BCUT2D eigenvalue weighted by Gasteiger charge is 2.23. The number of amides is 2. The molecule has 114 valence electrons. The first-order valence-corrected chi connectivity index (χ1v) is 7.43. The maximum Gasteiger partial charge on any atom is 0.244 e. The Balaban J connectivity index is 1.87. The Labute approximate surface area is 125 Å². The molecular weight excluding hydrogens is 268 g/mol. The molecule has 2 rings (SSSR count). The Bertz CT molecular complexity index is 510. The lowest BCUT2D eigenvalue weighted by Crippen LogP contribution is -2.48. The van der Waals surface area contributed by atoms with Crippen LogP contribution >= 0.6 is 0 Å². The first kappa shape index (κ1) is 15.4. The number of aromatic hydroxyl groups is 1. The molecule has 0 saturated carbocycles. The molecule has 0 aromatic heterocycles. The zero-order chi connectivity index (χ0) is 15.2. The first-order valence-electron chi connectivity index (χ1n) is 7.43. The van der Waals surface area contributed by atoms with Crippen molar-refractivity contribution in [2.24, 2.45) is 0 Å². The highest BCUT2D eigenvalue weighted by molar-refractivity contribution is 5.88. The van der Waals surface area contributed by atoms with Crippen LogP contribution in [0.3, 0.4) is 0 Å². The van der Waals surface area contributed by atoms with Gasteiger partial charge in [0.25, 0.3) is 0 Å². The fourth-order valence-corrected chi connectivity index (χ4v) is 2.58. The fourth-order valence-electron chi connectivity index (χ4n) is 2.58. The third kappa shape index (κ3) is 4.21. The molecule has 5 nitrogen and oxygen atoms in total. The van der Waals surface area contributed by atoms with Crippen molar-refractivity contribution in [2.45, 2.75) is 38.6 Å². The molecule has 5 heteroatoms. The molecule has 1 aromatic rings. The van der Waals surface area contributed by atoms with Crippen molar-refractivity contribution in [1.29, 1.82) is 0 Å². The molecule has 21 heavy (non-hydrogen) atoms. The molecule has 1 fully saturated rings. The number of nitrogens with zero attached hydrogens (tertiary/aromatic N) is 1. The molecule has 0 aliphatic carbocycles. The van der Waals surface area contributed by atoms with E-state index in [1.165, 1.54) is 0 Å². The van der Waals surface area contributed by atoms with Crippen LogP contribution in [-0.4, -0.2) is 41.0 Å². The number of carbonyl (C=O) groups excluding carboxylic acids is 2. The zero-order valence-corrected chi connectivity index (χ0v) is 12.3. The fraction of sp³-hybridized carbons (Fsp3) is 0.500. The predicted octanol–water partition coefficient (Wildman–Crippen LogP) is 1.45. The third-order valence-electron chi connectivity index (χ3n) is 3.76. The van der Waals surface area contributed by atoms with Gasteiger partial charge in [-0.05, 0) is 32.3 Å². The summed E-state index contributed by atoms with van der Waals surface area (Å²) in [5.41, 5.74) is 0.563. The van der Waals surface area contributed by atoms with Crippen LogP contribution in [0.2, 0.25) is 0 Å². The van der Waals surface area contributed by atoms with Crippen molar-refractivity contribution < 1.29 is 14.7 Å². The van der Waals surface area contributed by atoms with E-state index < -0.39 is 6.04 Å². The Morgan fingerprint density at radius 1 is 1.24 bits per heavy atom. The number of hydrogen-bond donors (Lipinski definition) is 2. The van der Waals surface area contributed by atoms with Crippen molar-refractivity contribution in [3.8, 4) is 5.75 Å². The number of para-hydroxylation sites is 1. The smallest absolute Gasteiger partial charge is 0.244 e. The molecule has 1 aromatic carbocycles. The SMILES string of the molecule is CC(NC(=O)Cc1ccccc1O)C(=O)N1CCCCC1. The first-order chi connectivity index (χ1) is 10.1. The molecule has 1 saturated heterocycles. The number of phenols is 1. The van der Waals surface area contributed by atoms with Gasteiger partial charge in [0.15, 0.2) is 0 Å². The number of likely N-dealkylation sites (tertiary alicyclic amines) is 1. The second-order valence-corrected chi connectivity index (χ2v) is 5.48. The number of rotatable bonds is 4. The van der Waals surface area contributed by atoms with Crippen LogP contribution in [0.15, 0.2) is 24.3 Å². The molecule has 1 aliphatic rings. The monoisotopic (exact) mass is 290 g/mol. The summed E-state index contributed by atoms with van der Waals surface area (Å²) in [5.74, 6) is -0.183. The lowest BCUT2D eigenvalue weighted by Gasteiger charge is -2.29. The molecule has 2 amide bonds. The van der Waals surface area contributed by atoms with E-state index in [-0.39, 0.29) is 24.0 Å². The summed E-state index contributed by atoms with van der Waals surface area (Å²) >= 11 is 0.